The van der Waals surface area contributed by atoms with Crippen molar-refractivity contribution >= 4 is 5.91 Å². The van der Waals surface area contributed by atoms with E-state index in [9.17, 15) is 4.79 Å². The fourth-order valence-corrected chi connectivity index (χ4v) is 2.82. The van der Waals surface area contributed by atoms with E-state index in [0.717, 1.165) is 16.9 Å². The van der Waals surface area contributed by atoms with Crippen molar-refractivity contribution < 1.29 is 23.5 Å². The van der Waals surface area contributed by atoms with Gasteiger partial charge < -0.3 is 24.1 Å². The lowest BCUT2D eigenvalue weighted by molar-refractivity contribution is 0.0910. The van der Waals surface area contributed by atoms with Crippen LogP contribution in [-0.2, 0) is 6.42 Å². The third kappa shape index (κ3) is 5.28. The van der Waals surface area contributed by atoms with Gasteiger partial charge in [-0.25, -0.2) is 0 Å². The first-order chi connectivity index (χ1) is 14.6. The normalized spacial score (nSPS) is 10.5. The van der Waals surface area contributed by atoms with Crippen molar-refractivity contribution in [3.8, 4) is 28.6 Å². The molecule has 158 valence electrons. The minimum Gasteiger partial charge on any atom is -0.497 e. The van der Waals surface area contributed by atoms with E-state index in [1.165, 1.54) is 0 Å². The fourth-order valence-electron chi connectivity index (χ4n) is 2.82. The van der Waals surface area contributed by atoms with Gasteiger partial charge in [0.2, 0.25) is 5.82 Å². The van der Waals surface area contributed by atoms with Crippen molar-refractivity contribution in [1.29, 1.82) is 0 Å². The molecule has 2 aromatic carbocycles. The highest BCUT2D eigenvalue weighted by Gasteiger charge is 2.16. The molecule has 8 heteroatoms. The molecule has 0 saturated heterocycles. The number of aromatic nitrogens is 2. The molecule has 0 fully saturated rings. The molecular formula is C22H25N3O5. The van der Waals surface area contributed by atoms with E-state index in [1.807, 2.05) is 32.0 Å². The summed E-state index contributed by atoms with van der Waals surface area (Å²) >= 11 is 0. The minimum atomic E-state index is -0.418. The third-order valence-electron chi connectivity index (χ3n) is 4.28. The van der Waals surface area contributed by atoms with Gasteiger partial charge in [0.25, 0.3) is 0 Å². The Labute approximate surface area is 175 Å². The maximum Gasteiger partial charge on any atom is 0.316 e. The highest BCUT2D eigenvalue weighted by atomic mass is 16.5. The second-order valence-electron chi connectivity index (χ2n) is 6.30. The van der Waals surface area contributed by atoms with E-state index in [2.05, 4.69) is 15.5 Å². The summed E-state index contributed by atoms with van der Waals surface area (Å²) in [4.78, 5) is 16.5. The van der Waals surface area contributed by atoms with Gasteiger partial charge in [0.05, 0.1) is 20.3 Å². The quantitative estimate of drug-likeness (QED) is 0.545. The first-order valence-electron chi connectivity index (χ1n) is 9.79. The SMILES string of the molecule is CCOc1ccc(CCNC(=O)c2nc(-c3ccc(OC)cc3)no2)cc1OCC. The van der Waals surface area contributed by atoms with Crippen molar-refractivity contribution in [2.24, 2.45) is 0 Å². The molecule has 0 aliphatic carbocycles. The molecule has 8 nitrogen and oxygen atoms in total. The Hall–Kier alpha value is -3.55. The molecule has 1 amide bonds. The zero-order valence-corrected chi connectivity index (χ0v) is 17.3. The molecule has 1 heterocycles. The third-order valence-corrected chi connectivity index (χ3v) is 4.28. The summed E-state index contributed by atoms with van der Waals surface area (Å²) in [5, 5.41) is 6.66. The molecule has 3 aromatic rings. The van der Waals surface area contributed by atoms with Crippen LogP contribution < -0.4 is 19.5 Å². The number of benzene rings is 2. The Balaban J connectivity index is 1.57. The number of ether oxygens (including phenoxy) is 3. The summed E-state index contributed by atoms with van der Waals surface area (Å²) < 4.78 is 21.4. The van der Waals surface area contributed by atoms with Crippen LogP contribution in [0.15, 0.2) is 47.0 Å². The molecule has 30 heavy (non-hydrogen) atoms. The molecular weight excluding hydrogens is 386 g/mol. The van der Waals surface area contributed by atoms with Crippen molar-refractivity contribution in [3.05, 3.63) is 53.9 Å². The van der Waals surface area contributed by atoms with E-state index >= 15 is 0 Å². The van der Waals surface area contributed by atoms with Gasteiger partial charge in [-0.1, -0.05) is 11.2 Å². The van der Waals surface area contributed by atoms with E-state index < -0.39 is 5.91 Å². The number of amides is 1. The number of nitrogens with zero attached hydrogens (tertiary/aromatic N) is 2. The Morgan fingerprint density at radius 3 is 2.47 bits per heavy atom. The van der Waals surface area contributed by atoms with E-state index in [1.54, 1.807) is 31.4 Å². The molecule has 0 bridgehead atoms. The molecule has 0 aliphatic rings. The zero-order chi connectivity index (χ0) is 21.3. The number of rotatable bonds is 10. The van der Waals surface area contributed by atoms with Gasteiger partial charge in [-0.15, -0.1) is 0 Å². The molecule has 3 rings (SSSR count). The summed E-state index contributed by atoms with van der Waals surface area (Å²) in [5.41, 5.74) is 1.75. The van der Waals surface area contributed by atoms with Crippen LogP contribution in [-0.4, -0.2) is 42.9 Å². The van der Waals surface area contributed by atoms with Gasteiger partial charge in [-0.2, -0.15) is 4.98 Å². The summed E-state index contributed by atoms with van der Waals surface area (Å²) in [6.07, 6.45) is 0.623. The fraction of sp³-hybridized carbons (Fsp3) is 0.318. The molecule has 0 spiro atoms. The van der Waals surface area contributed by atoms with Crippen LogP contribution in [0.1, 0.15) is 30.1 Å². The summed E-state index contributed by atoms with van der Waals surface area (Å²) in [5.74, 6) is 1.98. The van der Waals surface area contributed by atoms with Gasteiger partial charge in [0.15, 0.2) is 11.5 Å². The van der Waals surface area contributed by atoms with Crippen LogP contribution in [0.3, 0.4) is 0 Å². The molecule has 0 aliphatic heterocycles. The van der Waals surface area contributed by atoms with Crippen molar-refractivity contribution in [2.75, 3.05) is 26.9 Å². The number of carbonyl (C=O) groups is 1. The topological polar surface area (TPSA) is 95.7 Å². The number of hydrogen-bond acceptors (Lipinski definition) is 7. The van der Waals surface area contributed by atoms with Gasteiger partial charge in [0.1, 0.15) is 5.75 Å². The molecule has 1 N–H and O–H groups in total. The van der Waals surface area contributed by atoms with Gasteiger partial charge in [0, 0.05) is 12.1 Å². The summed E-state index contributed by atoms with van der Waals surface area (Å²) in [6.45, 7) is 5.38. The average molecular weight is 411 g/mol. The lowest BCUT2D eigenvalue weighted by atomic mass is 10.1. The van der Waals surface area contributed by atoms with Crippen LogP contribution >= 0.6 is 0 Å². The number of methoxy groups -OCH3 is 1. The maximum absolute atomic E-state index is 12.3. The van der Waals surface area contributed by atoms with Crippen molar-refractivity contribution in [1.82, 2.24) is 15.5 Å². The van der Waals surface area contributed by atoms with Crippen LogP contribution in [0.2, 0.25) is 0 Å². The number of hydrogen-bond donors (Lipinski definition) is 1. The van der Waals surface area contributed by atoms with Crippen molar-refractivity contribution in [2.45, 2.75) is 20.3 Å². The maximum atomic E-state index is 12.3. The smallest absolute Gasteiger partial charge is 0.316 e. The lowest BCUT2D eigenvalue weighted by Crippen LogP contribution is -2.26. The average Bonchev–Trinajstić information content (AvgIpc) is 3.26. The first kappa shape index (κ1) is 21.2. The van der Waals surface area contributed by atoms with Gasteiger partial charge in [-0.05, 0) is 62.2 Å². The Morgan fingerprint density at radius 2 is 1.77 bits per heavy atom. The predicted octanol–water partition coefficient (Wildman–Crippen LogP) is 3.52. The molecule has 0 radical (unpaired) electrons. The van der Waals surface area contributed by atoms with Crippen LogP contribution in [0.25, 0.3) is 11.4 Å². The summed E-state index contributed by atoms with van der Waals surface area (Å²) in [6, 6.07) is 12.9. The number of carbonyl (C=O) groups excluding carboxylic acids is 1. The van der Waals surface area contributed by atoms with Crippen LogP contribution in [0.4, 0.5) is 0 Å². The Kier molecular flexibility index (Phi) is 7.26. The molecule has 0 unspecified atom stereocenters. The van der Waals surface area contributed by atoms with E-state index in [0.29, 0.717) is 43.5 Å². The molecule has 1 aromatic heterocycles. The van der Waals surface area contributed by atoms with Crippen molar-refractivity contribution in [3.63, 3.8) is 0 Å². The zero-order valence-electron chi connectivity index (χ0n) is 17.3. The molecule has 0 saturated carbocycles. The van der Waals surface area contributed by atoms with Crippen LogP contribution in [0, 0.1) is 0 Å². The van der Waals surface area contributed by atoms with Crippen LogP contribution in [0.5, 0.6) is 17.2 Å². The first-order valence-corrected chi connectivity index (χ1v) is 9.79. The highest BCUT2D eigenvalue weighted by molar-refractivity contribution is 5.89. The largest absolute Gasteiger partial charge is 0.497 e. The van der Waals surface area contributed by atoms with Gasteiger partial charge >= 0.3 is 11.8 Å². The number of nitrogens with one attached hydrogen (secondary N) is 1. The second kappa shape index (κ2) is 10.3. The molecule has 0 atom stereocenters. The standard InChI is InChI=1S/C22H25N3O5/c1-4-28-18-11-6-15(14-19(18)29-5-2)12-13-23-21(26)22-24-20(25-30-22)16-7-9-17(27-3)10-8-16/h6-11,14H,4-5,12-13H2,1-3H3,(H,23,26). The second-order valence-corrected chi connectivity index (χ2v) is 6.30. The summed E-state index contributed by atoms with van der Waals surface area (Å²) in [7, 11) is 1.59. The minimum absolute atomic E-state index is 0.0810. The van der Waals surface area contributed by atoms with E-state index in [-0.39, 0.29) is 5.89 Å². The highest BCUT2D eigenvalue weighted by Crippen LogP contribution is 2.28. The van der Waals surface area contributed by atoms with E-state index in [4.69, 9.17) is 18.7 Å². The Bertz CT molecular complexity index is 969. The lowest BCUT2D eigenvalue weighted by Gasteiger charge is -2.12. The monoisotopic (exact) mass is 411 g/mol. The predicted molar refractivity (Wildman–Crippen MR) is 111 cm³/mol. The Morgan fingerprint density at radius 1 is 1.03 bits per heavy atom. The van der Waals surface area contributed by atoms with Gasteiger partial charge in [-0.3, -0.25) is 4.79 Å².